The van der Waals surface area contributed by atoms with E-state index in [0.29, 0.717) is 35.4 Å². The highest BCUT2D eigenvalue weighted by Gasteiger charge is 2.33. The molecule has 0 saturated heterocycles. The number of halogens is 10. The maximum atomic E-state index is 13.6. The predicted molar refractivity (Wildman–Crippen MR) is 252 cm³/mol. The molecule has 14 nitrogen and oxygen atoms in total. The van der Waals surface area contributed by atoms with Gasteiger partial charge in [0.15, 0.2) is 11.6 Å². The summed E-state index contributed by atoms with van der Waals surface area (Å²) in [5, 5.41) is 24.4. The van der Waals surface area contributed by atoms with Crippen molar-refractivity contribution >= 4 is 116 Å². The average molecular weight is 1050 g/mol. The molecule has 0 spiro atoms. The van der Waals surface area contributed by atoms with Crippen molar-refractivity contribution in [2.24, 2.45) is 20.5 Å². The number of benzene rings is 5. The first kappa shape index (κ1) is 54.2. The molecule has 0 aliphatic carbocycles. The Kier molecular flexibility index (Phi) is 17.6. The molecule has 4 amide bonds. The number of nitrogens with zero attached hydrogens (tertiary/aromatic N) is 4. The first-order valence-corrected chi connectivity index (χ1v) is 21.9. The van der Waals surface area contributed by atoms with Crippen molar-refractivity contribution in [3.63, 3.8) is 0 Å². The van der Waals surface area contributed by atoms with Gasteiger partial charge in [0.05, 0.1) is 32.3 Å². The van der Waals surface area contributed by atoms with E-state index in [4.69, 9.17) is 46.4 Å². The molecule has 366 valence electrons. The fourth-order valence-electron chi connectivity index (χ4n) is 6.38. The van der Waals surface area contributed by atoms with Crippen LogP contribution in [0.15, 0.2) is 105 Å². The van der Waals surface area contributed by atoms with E-state index in [9.17, 15) is 55.1 Å². The van der Waals surface area contributed by atoms with Crippen LogP contribution < -0.4 is 21.3 Å². The first-order chi connectivity index (χ1) is 32.8. The molecule has 0 fully saturated rings. The Morgan fingerprint density at radius 1 is 0.529 bits per heavy atom. The smallest absolute Gasteiger partial charge is 0.323 e. The highest BCUT2D eigenvalue weighted by atomic mass is 35.5. The number of alkyl halides is 6. The second kappa shape index (κ2) is 22.8. The van der Waals surface area contributed by atoms with Gasteiger partial charge in [0.1, 0.15) is 11.4 Å². The Balaban J connectivity index is 1.31. The Morgan fingerprint density at radius 2 is 0.886 bits per heavy atom. The molecule has 0 bridgehead atoms. The Morgan fingerprint density at radius 3 is 1.20 bits per heavy atom. The molecule has 5 aromatic carbocycles. The Bertz CT molecular complexity index is 2770. The Hall–Kier alpha value is -6.74. The summed E-state index contributed by atoms with van der Waals surface area (Å²) in [6, 6.07) is 12.3. The molecule has 70 heavy (non-hydrogen) atoms. The molecule has 0 saturated carbocycles. The molecule has 2 atom stereocenters. The van der Waals surface area contributed by atoms with E-state index in [0.717, 1.165) is 26.0 Å². The van der Waals surface area contributed by atoms with E-state index >= 15 is 0 Å². The average Bonchev–Trinajstić information content (AvgIpc) is 3.26. The summed E-state index contributed by atoms with van der Waals surface area (Å²) in [6.07, 6.45) is -8.96. The number of Topliss-reactive ketones (excluding diaryl/α,β-unsaturated/α-hetero) is 2. The van der Waals surface area contributed by atoms with Crippen LogP contribution in [0.1, 0.15) is 70.7 Å². The first-order valence-electron chi connectivity index (χ1n) is 20.4. The van der Waals surface area contributed by atoms with Crippen molar-refractivity contribution in [2.75, 3.05) is 21.3 Å². The van der Waals surface area contributed by atoms with Crippen LogP contribution in [0.4, 0.5) is 60.5 Å². The van der Waals surface area contributed by atoms with Gasteiger partial charge >= 0.3 is 12.4 Å². The maximum absolute atomic E-state index is 13.6. The lowest BCUT2D eigenvalue weighted by Crippen LogP contribution is -2.33. The summed E-state index contributed by atoms with van der Waals surface area (Å²) in [4.78, 5) is 78.8. The van der Waals surface area contributed by atoms with Gasteiger partial charge in [-0.2, -0.15) is 46.8 Å². The van der Waals surface area contributed by atoms with Crippen molar-refractivity contribution < 1.29 is 55.1 Å². The van der Waals surface area contributed by atoms with Crippen molar-refractivity contribution in [3.8, 4) is 0 Å². The lowest BCUT2D eigenvalue weighted by molar-refractivity contribution is -0.138. The quantitative estimate of drug-likeness (QED) is 0.0430. The lowest BCUT2D eigenvalue weighted by atomic mass is 10.0. The molecule has 2 unspecified atom stereocenters. The molecule has 5 aromatic rings. The molecule has 0 aliphatic heterocycles. The summed E-state index contributed by atoms with van der Waals surface area (Å²) in [6.45, 7) is 5.63. The van der Waals surface area contributed by atoms with Gasteiger partial charge in [-0.25, -0.2) is 0 Å². The molecule has 0 aromatic heterocycles. The van der Waals surface area contributed by atoms with Gasteiger partial charge < -0.3 is 21.3 Å². The van der Waals surface area contributed by atoms with E-state index in [2.05, 4.69) is 41.7 Å². The lowest BCUT2D eigenvalue weighted by Gasteiger charge is -2.18. The number of azo groups is 2. The molecular formula is C46H36Cl4F6N8O6. The van der Waals surface area contributed by atoms with Crippen LogP contribution in [0.25, 0.3) is 0 Å². The number of nitrogens with one attached hydrogen (secondary N) is 4. The summed E-state index contributed by atoms with van der Waals surface area (Å²) in [5.74, 6) is -5.19. The van der Waals surface area contributed by atoms with E-state index in [1.54, 1.807) is 13.8 Å². The molecule has 24 heteroatoms. The number of carbonyl (C=O) groups excluding carboxylic acids is 6. The van der Waals surface area contributed by atoms with Crippen molar-refractivity contribution in [1.82, 2.24) is 0 Å². The van der Waals surface area contributed by atoms with Crippen LogP contribution >= 0.6 is 46.4 Å². The normalized spacial score (nSPS) is 12.7. The van der Waals surface area contributed by atoms with Gasteiger partial charge in [0.2, 0.25) is 12.1 Å². The number of hydrogen-bond acceptors (Lipinski definition) is 10. The summed E-state index contributed by atoms with van der Waals surface area (Å²) < 4.78 is 79.9. The zero-order valence-electron chi connectivity index (χ0n) is 36.7. The predicted octanol–water partition coefficient (Wildman–Crippen LogP) is 13.3. The monoisotopic (exact) mass is 1050 g/mol. The summed E-state index contributed by atoms with van der Waals surface area (Å²) >= 11 is 24.5. The topological polar surface area (TPSA) is 200 Å². The van der Waals surface area contributed by atoms with Gasteiger partial charge in [-0.3, -0.25) is 28.8 Å². The number of ketones is 2. The van der Waals surface area contributed by atoms with Crippen LogP contribution in [0.3, 0.4) is 0 Å². The van der Waals surface area contributed by atoms with Crippen LogP contribution in [0.5, 0.6) is 0 Å². The van der Waals surface area contributed by atoms with E-state index in [1.807, 2.05) is 0 Å². The zero-order valence-corrected chi connectivity index (χ0v) is 39.7. The zero-order chi connectivity index (χ0) is 51.8. The number of anilines is 4. The molecule has 5 rings (SSSR count). The van der Waals surface area contributed by atoms with Gasteiger partial charge in [-0.05, 0) is 111 Å². The van der Waals surface area contributed by atoms with E-state index < -0.39 is 70.8 Å². The number of amides is 4. The van der Waals surface area contributed by atoms with Gasteiger partial charge in [-0.15, -0.1) is 0 Å². The van der Waals surface area contributed by atoms with Gasteiger partial charge in [-0.1, -0.05) is 72.4 Å². The number of carbonyl (C=O) groups is 6. The molecule has 4 N–H and O–H groups in total. The SMILES string of the molecule is CCc1cc(NC(=O)C(N=Nc2cccc(C(=O)Nc3cc(Cl)cc(C(F)(F)F)c3)c2Cl)C(C)=O)c(CC)cc1NC(=O)C(N=Nc1cccc(C(=O)Nc2cc(Cl)cc(C(F)(F)F)c2)c1Cl)C(C)=O. The van der Waals surface area contributed by atoms with Crippen molar-refractivity contribution in [3.05, 3.63) is 138 Å². The largest absolute Gasteiger partial charge is 0.416 e. The summed E-state index contributed by atoms with van der Waals surface area (Å²) in [5.41, 5.74) is -2.17. The minimum Gasteiger partial charge on any atom is -0.323 e. The fraction of sp³-hybridized carbons (Fsp3) is 0.217. The third kappa shape index (κ3) is 13.7. The second-order valence-electron chi connectivity index (χ2n) is 14.9. The van der Waals surface area contributed by atoms with E-state index in [1.165, 1.54) is 48.5 Å². The number of aryl methyl sites for hydroxylation is 2. The van der Waals surface area contributed by atoms with Crippen molar-refractivity contribution in [2.45, 2.75) is 65.0 Å². The van der Waals surface area contributed by atoms with Crippen LogP contribution in [0, 0.1) is 0 Å². The van der Waals surface area contributed by atoms with Crippen LogP contribution in [0.2, 0.25) is 20.1 Å². The summed E-state index contributed by atoms with van der Waals surface area (Å²) in [7, 11) is 0. The standard InChI is InChI=1S/C46H36Cl4F6N8O6/c1-5-23-13-36(60-44(70)40(22(4)66)64-62-34-12-8-10-32(38(34)50)42(68)58-30-18-26(46(54,55)56)16-28(48)20-30)24(6-2)14-35(23)59-43(69)39(21(3)65)63-61-33-11-7-9-31(37(33)49)41(67)57-29-17-25(45(51,52)53)15-27(47)19-29/h7-20,39-40H,5-6H2,1-4H3,(H,57,67)(H,58,68)(H,59,69)(H,60,70). The van der Waals surface area contributed by atoms with E-state index in [-0.39, 0.29) is 78.2 Å². The minimum absolute atomic E-state index is 0.163. The van der Waals surface area contributed by atoms with Crippen molar-refractivity contribution in [1.29, 1.82) is 0 Å². The third-order valence-electron chi connectivity index (χ3n) is 9.85. The van der Waals surface area contributed by atoms with Crippen LogP contribution in [-0.2, 0) is 44.4 Å². The molecule has 0 radical (unpaired) electrons. The Labute approximate surface area is 414 Å². The van der Waals surface area contributed by atoms with Gasteiger partial charge in [0, 0.05) is 32.8 Å². The second-order valence-corrected chi connectivity index (χ2v) is 16.6. The fourth-order valence-corrected chi connectivity index (χ4v) is 7.35. The molecule has 0 aliphatic rings. The molecular weight excluding hydrogens is 1020 g/mol. The third-order valence-corrected chi connectivity index (χ3v) is 11.1. The van der Waals surface area contributed by atoms with Crippen LogP contribution in [-0.4, -0.2) is 47.3 Å². The number of hydrogen-bond donors (Lipinski definition) is 4. The number of rotatable bonds is 16. The molecule has 0 heterocycles. The minimum atomic E-state index is -4.75. The van der Waals surface area contributed by atoms with Gasteiger partial charge in [0.25, 0.3) is 23.6 Å². The maximum Gasteiger partial charge on any atom is 0.416 e. The highest BCUT2D eigenvalue weighted by Crippen LogP contribution is 2.37. The highest BCUT2D eigenvalue weighted by molar-refractivity contribution is 6.37.